The molecule has 2 amide bonds. The fourth-order valence-corrected chi connectivity index (χ4v) is 3.65. The average molecular weight is 428 g/mol. The van der Waals surface area contributed by atoms with Gasteiger partial charge in [-0.3, -0.25) is 0 Å². The Kier molecular flexibility index (Phi) is 6.35. The lowest BCUT2D eigenvalue weighted by Gasteiger charge is -2.12. The summed E-state index contributed by atoms with van der Waals surface area (Å²) in [5, 5.41) is 9.70. The van der Waals surface area contributed by atoms with Crippen LogP contribution >= 0.6 is 11.8 Å². The lowest BCUT2D eigenvalue weighted by Crippen LogP contribution is -2.19. The zero-order chi connectivity index (χ0) is 21.5. The first kappa shape index (κ1) is 20.3. The minimum Gasteiger partial charge on any atom is -0.396 e. The molecule has 0 aliphatic rings. The van der Waals surface area contributed by atoms with Gasteiger partial charge in [-0.2, -0.15) is 0 Å². The van der Waals surface area contributed by atoms with Crippen LogP contribution in [0.2, 0.25) is 0 Å². The molecule has 4 aromatic rings. The maximum Gasteiger partial charge on any atom is 0.323 e. The van der Waals surface area contributed by atoms with E-state index in [1.54, 1.807) is 11.8 Å². The van der Waals surface area contributed by atoms with Gasteiger partial charge in [0.1, 0.15) is 5.03 Å². The second-order valence-electron chi connectivity index (χ2n) is 6.65. The number of carbonyl (C=O) groups is 1. The molecule has 0 fully saturated rings. The van der Waals surface area contributed by atoms with Crippen molar-refractivity contribution in [3.8, 4) is 0 Å². The Balaban J connectivity index is 1.44. The van der Waals surface area contributed by atoms with Gasteiger partial charge in [0.05, 0.1) is 5.69 Å². The van der Waals surface area contributed by atoms with Gasteiger partial charge in [-0.1, -0.05) is 54.2 Å². The van der Waals surface area contributed by atoms with Gasteiger partial charge in [0, 0.05) is 22.0 Å². The van der Waals surface area contributed by atoms with E-state index in [0.29, 0.717) is 17.2 Å². The van der Waals surface area contributed by atoms with Crippen molar-refractivity contribution in [2.75, 3.05) is 21.7 Å². The minimum absolute atomic E-state index is 0.317. The number of carbonyl (C=O) groups excluding carboxylic acids is 1. The predicted molar refractivity (Wildman–Crippen MR) is 128 cm³/mol. The first-order valence-corrected chi connectivity index (χ1v) is 10.5. The van der Waals surface area contributed by atoms with Crippen LogP contribution in [0.1, 0.15) is 0 Å². The Hall–Kier alpha value is -3.97. The molecule has 0 spiro atoms. The molecule has 0 radical (unpaired) electrons. The number of hydrogen-bond donors (Lipinski definition) is 4. The molecule has 3 aromatic carbocycles. The molecule has 0 saturated heterocycles. The summed E-state index contributed by atoms with van der Waals surface area (Å²) in [6.45, 7) is 0. The Bertz CT molecular complexity index is 1170. The lowest BCUT2D eigenvalue weighted by atomic mass is 10.2. The van der Waals surface area contributed by atoms with E-state index >= 15 is 0 Å². The Morgan fingerprint density at radius 1 is 0.742 bits per heavy atom. The summed E-state index contributed by atoms with van der Waals surface area (Å²) < 4.78 is 0. The topological polar surface area (TPSA) is 92.1 Å². The SMILES string of the molecule is Nc1ccc(Sc2ccccc2)nc1Nc1cccc(NC(=O)Nc2ccccc2)c1. The zero-order valence-electron chi connectivity index (χ0n) is 16.6. The van der Waals surface area contributed by atoms with Gasteiger partial charge in [0.25, 0.3) is 0 Å². The third-order valence-corrected chi connectivity index (χ3v) is 5.23. The largest absolute Gasteiger partial charge is 0.396 e. The molecule has 31 heavy (non-hydrogen) atoms. The molecule has 1 heterocycles. The minimum atomic E-state index is -0.317. The number of nitrogens with one attached hydrogen (secondary N) is 3. The van der Waals surface area contributed by atoms with Crippen LogP contribution < -0.4 is 21.7 Å². The van der Waals surface area contributed by atoms with Gasteiger partial charge in [-0.25, -0.2) is 9.78 Å². The molecule has 6 nitrogen and oxygen atoms in total. The summed E-state index contributed by atoms with van der Waals surface area (Å²) in [4.78, 5) is 18.0. The average Bonchev–Trinajstić information content (AvgIpc) is 2.78. The number of amides is 2. The third-order valence-electron chi connectivity index (χ3n) is 4.28. The highest BCUT2D eigenvalue weighted by Gasteiger charge is 2.07. The van der Waals surface area contributed by atoms with E-state index in [1.165, 1.54) is 0 Å². The molecular weight excluding hydrogens is 406 g/mol. The lowest BCUT2D eigenvalue weighted by molar-refractivity contribution is 0.262. The first-order chi connectivity index (χ1) is 15.2. The highest BCUT2D eigenvalue weighted by Crippen LogP contribution is 2.30. The number of nitrogens with zero attached hydrogens (tertiary/aromatic N) is 1. The molecule has 0 aliphatic heterocycles. The molecule has 5 N–H and O–H groups in total. The summed E-state index contributed by atoms with van der Waals surface area (Å²) in [6, 6.07) is 30.1. The van der Waals surface area contributed by atoms with Crippen molar-refractivity contribution in [3.63, 3.8) is 0 Å². The number of para-hydroxylation sites is 1. The van der Waals surface area contributed by atoms with E-state index in [2.05, 4.69) is 20.9 Å². The van der Waals surface area contributed by atoms with Crippen LogP contribution in [0, 0.1) is 0 Å². The number of rotatable bonds is 6. The van der Waals surface area contributed by atoms with Crippen molar-refractivity contribution >= 4 is 46.4 Å². The van der Waals surface area contributed by atoms with Gasteiger partial charge in [-0.15, -0.1) is 0 Å². The number of nitrogen functional groups attached to an aromatic ring is 1. The van der Waals surface area contributed by atoms with Crippen LogP contribution in [0.15, 0.2) is 107 Å². The summed E-state index contributed by atoms with van der Waals surface area (Å²) >= 11 is 1.56. The van der Waals surface area contributed by atoms with E-state index in [9.17, 15) is 4.79 Å². The molecule has 4 rings (SSSR count). The molecule has 0 bridgehead atoms. The maximum absolute atomic E-state index is 12.2. The van der Waals surface area contributed by atoms with Crippen molar-refractivity contribution in [2.45, 2.75) is 9.92 Å². The fraction of sp³-hybridized carbons (Fsp3) is 0. The molecule has 0 aliphatic carbocycles. The molecular formula is C24H21N5OS. The van der Waals surface area contributed by atoms with E-state index in [4.69, 9.17) is 5.73 Å². The second-order valence-corrected chi connectivity index (χ2v) is 7.75. The van der Waals surface area contributed by atoms with Crippen LogP contribution in [-0.2, 0) is 0 Å². The summed E-state index contributed by atoms with van der Waals surface area (Å²) in [5.74, 6) is 0.562. The molecule has 7 heteroatoms. The Labute approximate surface area is 184 Å². The molecule has 0 atom stereocenters. The summed E-state index contributed by atoms with van der Waals surface area (Å²) in [5.41, 5.74) is 8.79. The number of nitrogens with two attached hydrogens (primary N) is 1. The maximum atomic E-state index is 12.2. The number of hydrogen-bond acceptors (Lipinski definition) is 5. The van der Waals surface area contributed by atoms with Crippen LogP contribution in [0.3, 0.4) is 0 Å². The fourth-order valence-electron chi connectivity index (χ4n) is 2.84. The van der Waals surface area contributed by atoms with Gasteiger partial charge >= 0.3 is 6.03 Å². The van der Waals surface area contributed by atoms with E-state index in [1.807, 2.05) is 97.1 Å². The standard InChI is InChI=1S/C24H21N5OS/c25-21-14-15-22(31-20-12-5-2-6-13-20)29-23(21)26-18-10-7-11-19(16-18)28-24(30)27-17-8-3-1-4-9-17/h1-16H,25H2,(H,26,29)(H2,27,28,30). The van der Waals surface area contributed by atoms with E-state index in [-0.39, 0.29) is 6.03 Å². The van der Waals surface area contributed by atoms with Crippen LogP contribution in [-0.4, -0.2) is 11.0 Å². The van der Waals surface area contributed by atoms with Crippen molar-refractivity contribution in [1.82, 2.24) is 4.98 Å². The van der Waals surface area contributed by atoms with E-state index < -0.39 is 0 Å². The summed E-state index contributed by atoms with van der Waals surface area (Å²) in [7, 11) is 0. The van der Waals surface area contributed by atoms with Gasteiger partial charge in [-0.05, 0) is 54.6 Å². The number of pyridine rings is 1. The highest BCUT2D eigenvalue weighted by atomic mass is 32.2. The number of aromatic nitrogens is 1. The zero-order valence-corrected chi connectivity index (χ0v) is 17.4. The molecule has 0 saturated carbocycles. The Morgan fingerprint density at radius 2 is 1.39 bits per heavy atom. The molecule has 0 unspecified atom stereocenters. The molecule has 154 valence electrons. The van der Waals surface area contributed by atoms with Crippen molar-refractivity contribution in [3.05, 3.63) is 97.1 Å². The predicted octanol–water partition coefficient (Wildman–Crippen LogP) is 6.20. The highest BCUT2D eigenvalue weighted by molar-refractivity contribution is 7.99. The number of urea groups is 1. The van der Waals surface area contributed by atoms with Crippen LogP contribution in [0.5, 0.6) is 0 Å². The number of benzene rings is 3. The molecule has 1 aromatic heterocycles. The van der Waals surface area contributed by atoms with Gasteiger partial charge in [0.2, 0.25) is 0 Å². The monoisotopic (exact) mass is 427 g/mol. The second kappa shape index (κ2) is 9.69. The van der Waals surface area contributed by atoms with Crippen molar-refractivity contribution in [2.24, 2.45) is 0 Å². The van der Waals surface area contributed by atoms with E-state index in [0.717, 1.165) is 21.3 Å². The number of anilines is 5. The van der Waals surface area contributed by atoms with Gasteiger partial charge in [0.15, 0.2) is 5.82 Å². The smallest absolute Gasteiger partial charge is 0.323 e. The van der Waals surface area contributed by atoms with Gasteiger partial charge < -0.3 is 21.7 Å². The van der Waals surface area contributed by atoms with Crippen LogP contribution in [0.4, 0.5) is 33.4 Å². The van der Waals surface area contributed by atoms with Crippen LogP contribution in [0.25, 0.3) is 0 Å². The van der Waals surface area contributed by atoms with Crippen molar-refractivity contribution < 1.29 is 4.79 Å². The Morgan fingerprint density at radius 3 is 2.16 bits per heavy atom. The quantitative estimate of drug-likeness (QED) is 0.294. The first-order valence-electron chi connectivity index (χ1n) is 9.65. The normalized spacial score (nSPS) is 10.3. The summed E-state index contributed by atoms with van der Waals surface area (Å²) in [6.07, 6.45) is 0. The van der Waals surface area contributed by atoms with Crippen molar-refractivity contribution in [1.29, 1.82) is 0 Å². The third kappa shape index (κ3) is 5.77.